The van der Waals surface area contributed by atoms with Gasteiger partial charge < -0.3 is 10.6 Å². The van der Waals surface area contributed by atoms with Crippen LogP contribution in [0.2, 0.25) is 0 Å². The molecule has 1 aliphatic heterocycles. The van der Waals surface area contributed by atoms with E-state index in [-0.39, 0.29) is 5.92 Å². The van der Waals surface area contributed by atoms with E-state index in [9.17, 15) is 4.79 Å². The Kier molecular flexibility index (Phi) is 4.85. The highest BCUT2D eigenvalue weighted by Gasteiger charge is 2.34. The van der Waals surface area contributed by atoms with Crippen molar-refractivity contribution in [3.8, 4) is 0 Å². The van der Waals surface area contributed by atoms with Crippen LogP contribution < -0.4 is 5.73 Å². The minimum absolute atomic E-state index is 0.218. The van der Waals surface area contributed by atoms with Gasteiger partial charge in [0, 0.05) is 37.6 Å². The van der Waals surface area contributed by atoms with E-state index in [1.54, 1.807) is 0 Å². The molecule has 1 saturated carbocycles. The monoisotopic (exact) mass is 267 g/mol. The fraction of sp³-hybridized carbons (Fsp3) is 0.933. The average molecular weight is 267 g/mol. The maximum Gasteiger partial charge on any atom is 0.225 e. The Morgan fingerprint density at radius 2 is 2.05 bits per heavy atom. The zero-order valence-corrected chi connectivity index (χ0v) is 12.6. The average Bonchev–Trinajstić information content (AvgIpc) is 2.41. The number of carbonyl (C=O) groups excluding carboxylic acids is 1. The van der Waals surface area contributed by atoms with Gasteiger partial charge in [0.1, 0.15) is 0 Å². The van der Waals surface area contributed by atoms with Crippen LogP contribution >= 0.6 is 0 Å². The first-order chi connectivity index (χ1) is 9.02. The Bertz CT molecular complexity index is 321. The number of amides is 1. The molecular formula is C15H29N3O. The molecule has 1 amide bonds. The lowest BCUT2D eigenvalue weighted by Crippen LogP contribution is -2.54. The van der Waals surface area contributed by atoms with Gasteiger partial charge in [-0.05, 0) is 38.6 Å². The van der Waals surface area contributed by atoms with Crippen LogP contribution in [0.5, 0.6) is 0 Å². The molecule has 0 bridgehead atoms. The molecule has 1 saturated heterocycles. The van der Waals surface area contributed by atoms with Crippen LogP contribution in [0, 0.1) is 11.8 Å². The molecule has 4 nitrogen and oxygen atoms in total. The van der Waals surface area contributed by atoms with E-state index in [1.165, 1.54) is 0 Å². The minimum Gasteiger partial charge on any atom is -0.340 e. The second kappa shape index (κ2) is 6.23. The van der Waals surface area contributed by atoms with E-state index in [1.807, 2.05) is 0 Å². The molecule has 0 spiro atoms. The third-order valence-corrected chi connectivity index (χ3v) is 5.14. The van der Waals surface area contributed by atoms with Crippen molar-refractivity contribution in [2.45, 2.75) is 51.6 Å². The number of nitrogens with zero attached hydrogens (tertiary/aromatic N) is 2. The number of hydrogen-bond donors (Lipinski definition) is 1. The minimum atomic E-state index is 0.218. The van der Waals surface area contributed by atoms with Gasteiger partial charge >= 0.3 is 0 Å². The summed E-state index contributed by atoms with van der Waals surface area (Å²) in [6.45, 7) is 7.19. The number of rotatable bonds is 2. The molecule has 2 rings (SSSR count). The van der Waals surface area contributed by atoms with Crippen molar-refractivity contribution in [3.05, 3.63) is 0 Å². The fourth-order valence-electron chi connectivity index (χ4n) is 3.49. The zero-order valence-electron chi connectivity index (χ0n) is 12.6. The van der Waals surface area contributed by atoms with E-state index in [4.69, 9.17) is 5.73 Å². The predicted molar refractivity (Wildman–Crippen MR) is 77.8 cm³/mol. The number of piperazine rings is 1. The summed E-state index contributed by atoms with van der Waals surface area (Å²) in [6, 6.07) is 0.820. The Hall–Kier alpha value is -0.610. The fourth-order valence-corrected chi connectivity index (χ4v) is 3.49. The predicted octanol–water partition coefficient (Wildman–Crippen LogP) is 1.30. The molecule has 0 aromatic carbocycles. The summed E-state index contributed by atoms with van der Waals surface area (Å²) in [4.78, 5) is 17.1. The molecule has 2 N–H and O–H groups in total. The van der Waals surface area contributed by atoms with Crippen molar-refractivity contribution < 1.29 is 4.79 Å². The second-order valence-electron chi connectivity index (χ2n) is 6.48. The summed E-state index contributed by atoms with van der Waals surface area (Å²) in [5.74, 6) is 1.08. The van der Waals surface area contributed by atoms with E-state index in [2.05, 4.69) is 30.7 Å². The van der Waals surface area contributed by atoms with Gasteiger partial charge in [-0.1, -0.05) is 13.8 Å². The molecule has 4 atom stereocenters. The van der Waals surface area contributed by atoms with Gasteiger partial charge in [0.25, 0.3) is 0 Å². The Morgan fingerprint density at radius 1 is 1.32 bits per heavy atom. The lowest BCUT2D eigenvalue weighted by molar-refractivity contribution is -0.140. The normalized spacial score (nSPS) is 37.4. The van der Waals surface area contributed by atoms with Crippen LogP contribution in [0.4, 0.5) is 0 Å². The van der Waals surface area contributed by atoms with E-state index in [0.717, 1.165) is 45.3 Å². The summed E-state index contributed by atoms with van der Waals surface area (Å²) >= 11 is 0. The molecule has 2 fully saturated rings. The van der Waals surface area contributed by atoms with Gasteiger partial charge in [0.15, 0.2) is 0 Å². The number of hydrogen-bond acceptors (Lipinski definition) is 3. The van der Waals surface area contributed by atoms with Crippen molar-refractivity contribution in [3.63, 3.8) is 0 Å². The molecule has 4 heteroatoms. The van der Waals surface area contributed by atoms with Crippen LogP contribution in [0.3, 0.4) is 0 Å². The first-order valence-corrected chi connectivity index (χ1v) is 7.77. The zero-order chi connectivity index (χ0) is 14.0. The van der Waals surface area contributed by atoms with Crippen molar-refractivity contribution in [2.24, 2.45) is 17.6 Å². The van der Waals surface area contributed by atoms with Gasteiger partial charge in [0.05, 0.1) is 0 Å². The van der Waals surface area contributed by atoms with Crippen LogP contribution in [0.25, 0.3) is 0 Å². The molecule has 4 unspecified atom stereocenters. The SMILES string of the molecule is CCC1CN(C(=O)C2CCC(N)C(C)C2)CCN1C. The highest BCUT2D eigenvalue weighted by Crippen LogP contribution is 2.30. The van der Waals surface area contributed by atoms with Crippen molar-refractivity contribution >= 4 is 5.91 Å². The number of nitrogens with two attached hydrogens (primary N) is 1. The van der Waals surface area contributed by atoms with Gasteiger partial charge in [-0.25, -0.2) is 0 Å². The first-order valence-electron chi connectivity index (χ1n) is 7.77. The van der Waals surface area contributed by atoms with Gasteiger partial charge in [-0.15, -0.1) is 0 Å². The van der Waals surface area contributed by atoms with Gasteiger partial charge in [-0.2, -0.15) is 0 Å². The van der Waals surface area contributed by atoms with Crippen LogP contribution in [0.15, 0.2) is 0 Å². The maximum absolute atomic E-state index is 12.6. The lowest BCUT2D eigenvalue weighted by atomic mass is 9.78. The summed E-state index contributed by atoms with van der Waals surface area (Å²) in [6.07, 6.45) is 4.07. The topological polar surface area (TPSA) is 49.6 Å². The Labute approximate surface area is 117 Å². The quantitative estimate of drug-likeness (QED) is 0.820. The summed E-state index contributed by atoms with van der Waals surface area (Å²) < 4.78 is 0. The molecule has 110 valence electrons. The molecule has 0 radical (unpaired) electrons. The van der Waals surface area contributed by atoms with E-state index < -0.39 is 0 Å². The molecule has 19 heavy (non-hydrogen) atoms. The third-order valence-electron chi connectivity index (χ3n) is 5.14. The molecule has 2 aliphatic rings. The maximum atomic E-state index is 12.6. The highest BCUT2D eigenvalue weighted by atomic mass is 16.2. The van der Waals surface area contributed by atoms with Gasteiger partial charge in [-0.3, -0.25) is 9.69 Å². The Balaban J connectivity index is 1.93. The summed E-state index contributed by atoms with van der Waals surface area (Å²) in [7, 11) is 2.16. The molecule has 1 aliphatic carbocycles. The highest BCUT2D eigenvalue weighted by molar-refractivity contribution is 5.79. The first kappa shape index (κ1) is 14.8. The molecular weight excluding hydrogens is 238 g/mol. The Morgan fingerprint density at radius 3 is 2.68 bits per heavy atom. The lowest BCUT2D eigenvalue weighted by Gasteiger charge is -2.41. The van der Waals surface area contributed by atoms with Crippen LogP contribution in [-0.2, 0) is 4.79 Å². The largest absolute Gasteiger partial charge is 0.340 e. The van der Waals surface area contributed by atoms with Crippen LogP contribution in [-0.4, -0.2) is 54.5 Å². The molecule has 1 heterocycles. The van der Waals surface area contributed by atoms with Crippen molar-refractivity contribution in [1.82, 2.24) is 9.80 Å². The smallest absolute Gasteiger partial charge is 0.225 e. The number of likely N-dealkylation sites (N-methyl/N-ethyl adjacent to an activating group) is 1. The van der Waals surface area contributed by atoms with E-state index >= 15 is 0 Å². The second-order valence-corrected chi connectivity index (χ2v) is 6.48. The van der Waals surface area contributed by atoms with E-state index in [0.29, 0.717) is 23.9 Å². The van der Waals surface area contributed by atoms with Crippen LogP contribution in [0.1, 0.15) is 39.5 Å². The molecule has 0 aromatic rings. The van der Waals surface area contributed by atoms with Gasteiger partial charge in [0.2, 0.25) is 5.91 Å². The van der Waals surface area contributed by atoms with Crippen molar-refractivity contribution in [1.29, 1.82) is 0 Å². The standard InChI is InChI=1S/C15H29N3O/c1-4-13-10-18(8-7-17(13)3)15(19)12-5-6-14(16)11(2)9-12/h11-14H,4-10,16H2,1-3H3. The third kappa shape index (κ3) is 3.29. The number of carbonyl (C=O) groups is 1. The van der Waals surface area contributed by atoms with Crippen molar-refractivity contribution in [2.75, 3.05) is 26.7 Å². The summed E-state index contributed by atoms with van der Waals surface area (Å²) in [5, 5.41) is 0. The molecule has 0 aromatic heterocycles. The summed E-state index contributed by atoms with van der Waals surface area (Å²) in [5.41, 5.74) is 6.05.